The summed E-state index contributed by atoms with van der Waals surface area (Å²) in [5.41, 5.74) is 1.78. The number of fused-ring (bicyclic) bond motifs is 1. The van der Waals surface area contributed by atoms with E-state index in [0.717, 1.165) is 42.8 Å². The number of imidazole rings is 1. The van der Waals surface area contributed by atoms with Crippen LogP contribution in [0.1, 0.15) is 38.9 Å². The first-order valence-corrected chi connectivity index (χ1v) is 9.07. The summed E-state index contributed by atoms with van der Waals surface area (Å²) in [5.74, 6) is 1.52. The van der Waals surface area contributed by atoms with E-state index in [1.807, 2.05) is 40.7 Å². The standard InChI is InChI=1S/C19H26N4O2/c1-3-18(24)20-12-17-21-15-6-4-5-7-16(15)23(17)13-19(25)22-10-8-14(2)9-11-22/h4-7,14H,3,8-13H2,1-2H3,(H,20,24). The molecule has 1 aliphatic heterocycles. The number of carbonyl (C=O) groups is 2. The predicted octanol–water partition coefficient (Wildman–Crippen LogP) is 2.32. The van der Waals surface area contributed by atoms with Crippen LogP contribution >= 0.6 is 0 Å². The average molecular weight is 342 g/mol. The minimum atomic E-state index is -0.0186. The number of para-hydroxylation sites is 2. The number of aromatic nitrogens is 2. The van der Waals surface area contributed by atoms with Gasteiger partial charge in [-0.15, -0.1) is 0 Å². The Morgan fingerprint density at radius 2 is 1.96 bits per heavy atom. The van der Waals surface area contributed by atoms with Crippen LogP contribution in [-0.4, -0.2) is 39.4 Å². The molecule has 1 aromatic carbocycles. The Hall–Kier alpha value is -2.37. The minimum Gasteiger partial charge on any atom is -0.349 e. The molecule has 1 N–H and O–H groups in total. The summed E-state index contributed by atoms with van der Waals surface area (Å²) in [5, 5.41) is 2.86. The zero-order chi connectivity index (χ0) is 17.8. The predicted molar refractivity (Wildman–Crippen MR) is 96.8 cm³/mol. The number of likely N-dealkylation sites (tertiary alicyclic amines) is 1. The Kier molecular flexibility index (Phi) is 5.36. The number of rotatable bonds is 5. The van der Waals surface area contributed by atoms with E-state index in [0.29, 0.717) is 18.9 Å². The lowest BCUT2D eigenvalue weighted by molar-refractivity contribution is -0.133. The quantitative estimate of drug-likeness (QED) is 0.907. The molecule has 1 fully saturated rings. The number of nitrogens with one attached hydrogen (secondary N) is 1. The van der Waals surface area contributed by atoms with Crippen LogP contribution in [0.25, 0.3) is 11.0 Å². The highest BCUT2D eigenvalue weighted by Gasteiger charge is 2.22. The summed E-state index contributed by atoms with van der Waals surface area (Å²) in [6.07, 6.45) is 2.57. The van der Waals surface area contributed by atoms with Crippen molar-refractivity contribution in [1.82, 2.24) is 19.8 Å². The van der Waals surface area contributed by atoms with Gasteiger partial charge in [-0.05, 0) is 30.9 Å². The zero-order valence-corrected chi connectivity index (χ0v) is 15.0. The number of benzene rings is 1. The lowest BCUT2D eigenvalue weighted by Crippen LogP contribution is -2.40. The van der Waals surface area contributed by atoms with Gasteiger partial charge in [-0.1, -0.05) is 26.0 Å². The highest BCUT2D eigenvalue weighted by molar-refractivity contribution is 5.81. The second-order valence-electron chi connectivity index (χ2n) is 6.80. The largest absolute Gasteiger partial charge is 0.349 e. The molecular formula is C19H26N4O2. The Morgan fingerprint density at radius 3 is 2.68 bits per heavy atom. The van der Waals surface area contributed by atoms with Crippen LogP contribution in [0.5, 0.6) is 0 Å². The van der Waals surface area contributed by atoms with Gasteiger partial charge in [-0.3, -0.25) is 9.59 Å². The number of piperidine rings is 1. The minimum absolute atomic E-state index is 0.0186. The smallest absolute Gasteiger partial charge is 0.242 e. The van der Waals surface area contributed by atoms with E-state index in [-0.39, 0.29) is 18.4 Å². The van der Waals surface area contributed by atoms with Crippen molar-refractivity contribution in [2.24, 2.45) is 5.92 Å². The van der Waals surface area contributed by atoms with Crippen LogP contribution < -0.4 is 5.32 Å². The SMILES string of the molecule is CCC(=O)NCc1nc2ccccc2n1CC(=O)N1CCC(C)CC1. The molecule has 1 saturated heterocycles. The van der Waals surface area contributed by atoms with Gasteiger partial charge in [0.1, 0.15) is 12.4 Å². The fourth-order valence-electron chi connectivity index (χ4n) is 3.23. The Bertz CT molecular complexity index is 760. The zero-order valence-electron chi connectivity index (χ0n) is 15.0. The van der Waals surface area contributed by atoms with Gasteiger partial charge < -0.3 is 14.8 Å². The summed E-state index contributed by atoms with van der Waals surface area (Å²) in [7, 11) is 0. The molecule has 134 valence electrons. The number of amides is 2. The van der Waals surface area contributed by atoms with E-state index in [1.54, 1.807) is 0 Å². The maximum absolute atomic E-state index is 12.8. The monoisotopic (exact) mass is 342 g/mol. The van der Waals surface area contributed by atoms with Gasteiger partial charge in [-0.25, -0.2) is 4.98 Å². The highest BCUT2D eigenvalue weighted by atomic mass is 16.2. The summed E-state index contributed by atoms with van der Waals surface area (Å²) in [6.45, 7) is 6.32. The topological polar surface area (TPSA) is 67.2 Å². The first kappa shape index (κ1) is 17.5. The first-order valence-electron chi connectivity index (χ1n) is 9.07. The fraction of sp³-hybridized carbons (Fsp3) is 0.526. The molecule has 0 radical (unpaired) electrons. The average Bonchev–Trinajstić information content (AvgIpc) is 2.98. The first-order chi connectivity index (χ1) is 12.1. The highest BCUT2D eigenvalue weighted by Crippen LogP contribution is 2.19. The second-order valence-corrected chi connectivity index (χ2v) is 6.80. The van der Waals surface area contributed by atoms with Gasteiger partial charge in [0.05, 0.1) is 17.6 Å². The molecule has 6 nitrogen and oxygen atoms in total. The molecule has 0 saturated carbocycles. The molecule has 0 atom stereocenters. The maximum atomic E-state index is 12.8. The van der Waals surface area contributed by atoms with Crippen LogP contribution in [0.3, 0.4) is 0 Å². The molecule has 1 aromatic heterocycles. The summed E-state index contributed by atoms with van der Waals surface area (Å²) < 4.78 is 1.94. The Morgan fingerprint density at radius 1 is 1.24 bits per heavy atom. The van der Waals surface area contributed by atoms with Gasteiger partial charge in [0, 0.05) is 19.5 Å². The second kappa shape index (κ2) is 7.68. The van der Waals surface area contributed by atoms with Gasteiger partial charge in [0.25, 0.3) is 0 Å². The van der Waals surface area contributed by atoms with Crippen LogP contribution in [0.2, 0.25) is 0 Å². The molecule has 0 bridgehead atoms. The third kappa shape index (κ3) is 4.00. The van der Waals surface area contributed by atoms with Crippen molar-refractivity contribution in [3.63, 3.8) is 0 Å². The molecule has 2 amide bonds. The fourth-order valence-corrected chi connectivity index (χ4v) is 3.23. The Labute approximate surface area is 148 Å². The van der Waals surface area contributed by atoms with Crippen molar-refractivity contribution in [2.45, 2.75) is 46.2 Å². The van der Waals surface area contributed by atoms with E-state index >= 15 is 0 Å². The number of carbonyl (C=O) groups excluding carboxylic acids is 2. The van der Waals surface area contributed by atoms with E-state index in [4.69, 9.17) is 0 Å². The molecule has 2 heterocycles. The lowest BCUT2D eigenvalue weighted by atomic mass is 9.99. The maximum Gasteiger partial charge on any atom is 0.242 e. The summed E-state index contributed by atoms with van der Waals surface area (Å²) in [4.78, 5) is 30.9. The molecule has 0 aliphatic carbocycles. The van der Waals surface area contributed by atoms with Gasteiger partial charge in [-0.2, -0.15) is 0 Å². The van der Waals surface area contributed by atoms with Crippen LogP contribution in [0, 0.1) is 5.92 Å². The van der Waals surface area contributed by atoms with Crippen molar-refractivity contribution in [1.29, 1.82) is 0 Å². The van der Waals surface area contributed by atoms with E-state index in [9.17, 15) is 9.59 Å². The normalized spacial score (nSPS) is 15.5. The summed E-state index contributed by atoms with van der Waals surface area (Å²) >= 11 is 0. The van der Waals surface area contributed by atoms with Gasteiger partial charge in [0.15, 0.2) is 0 Å². The van der Waals surface area contributed by atoms with E-state index in [1.165, 1.54) is 0 Å². The molecule has 3 rings (SSSR count). The lowest BCUT2D eigenvalue weighted by Gasteiger charge is -2.30. The van der Waals surface area contributed by atoms with E-state index < -0.39 is 0 Å². The number of nitrogens with zero attached hydrogens (tertiary/aromatic N) is 3. The van der Waals surface area contributed by atoms with Crippen molar-refractivity contribution in [2.75, 3.05) is 13.1 Å². The summed E-state index contributed by atoms with van der Waals surface area (Å²) in [6, 6.07) is 7.78. The molecule has 0 spiro atoms. The van der Waals surface area contributed by atoms with Crippen LogP contribution in [0.4, 0.5) is 0 Å². The van der Waals surface area contributed by atoms with Crippen molar-refractivity contribution < 1.29 is 9.59 Å². The van der Waals surface area contributed by atoms with E-state index in [2.05, 4.69) is 17.2 Å². The molecule has 6 heteroatoms. The molecule has 1 aliphatic rings. The van der Waals surface area contributed by atoms with Gasteiger partial charge in [0.2, 0.25) is 11.8 Å². The third-order valence-electron chi connectivity index (χ3n) is 4.93. The molecular weight excluding hydrogens is 316 g/mol. The van der Waals surface area contributed by atoms with Crippen molar-refractivity contribution in [3.05, 3.63) is 30.1 Å². The van der Waals surface area contributed by atoms with Gasteiger partial charge >= 0.3 is 0 Å². The Balaban J connectivity index is 1.80. The third-order valence-corrected chi connectivity index (χ3v) is 4.93. The molecule has 0 unspecified atom stereocenters. The molecule has 2 aromatic rings. The number of hydrogen-bond acceptors (Lipinski definition) is 3. The van der Waals surface area contributed by atoms with Crippen LogP contribution in [0.15, 0.2) is 24.3 Å². The number of hydrogen-bond donors (Lipinski definition) is 1. The van der Waals surface area contributed by atoms with Crippen molar-refractivity contribution >= 4 is 22.8 Å². The molecule has 25 heavy (non-hydrogen) atoms. The van der Waals surface area contributed by atoms with Crippen LogP contribution in [-0.2, 0) is 22.7 Å². The van der Waals surface area contributed by atoms with Crippen molar-refractivity contribution in [3.8, 4) is 0 Å².